The van der Waals surface area contributed by atoms with Crippen LogP contribution < -0.4 is 5.73 Å². The number of carbonyl (C=O) groups excluding carboxylic acids is 1. The highest BCUT2D eigenvalue weighted by molar-refractivity contribution is 5.97. The summed E-state index contributed by atoms with van der Waals surface area (Å²) in [6.45, 7) is 1.83. The van der Waals surface area contributed by atoms with E-state index in [1.165, 1.54) is 6.07 Å². The maximum Gasteiger partial charge on any atom is 0.167 e. The Labute approximate surface area is 80.7 Å². The number of halogens is 2. The van der Waals surface area contributed by atoms with Crippen LogP contribution in [0.4, 0.5) is 8.78 Å². The number of hydrogen-bond donors (Lipinski definition) is 1. The van der Waals surface area contributed by atoms with Crippen LogP contribution in [0.15, 0.2) is 18.2 Å². The molecule has 1 aromatic rings. The zero-order valence-electron chi connectivity index (χ0n) is 7.76. The molecule has 0 spiro atoms. The van der Waals surface area contributed by atoms with Gasteiger partial charge in [-0.3, -0.25) is 4.79 Å². The van der Waals surface area contributed by atoms with E-state index in [0.29, 0.717) is 0 Å². The van der Waals surface area contributed by atoms with E-state index in [-0.39, 0.29) is 23.8 Å². The number of carbonyl (C=O) groups is 1. The summed E-state index contributed by atoms with van der Waals surface area (Å²) in [5.74, 6) is -2.62. The van der Waals surface area contributed by atoms with Crippen LogP contribution >= 0.6 is 0 Å². The SMILES string of the molecule is CC(CN)C(=O)c1ccc(F)c(F)c1. The lowest BCUT2D eigenvalue weighted by Gasteiger charge is -2.07. The van der Waals surface area contributed by atoms with Crippen molar-refractivity contribution in [2.24, 2.45) is 11.7 Å². The monoisotopic (exact) mass is 199 g/mol. The standard InChI is InChI=1S/C10H11F2NO/c1-6(5-13)10(14)7-2-3-8(11)9(12)4-7/h2-4,6H,5,13H2,1H3. The second kappa shape index (κ2) is 4.28. The molecule has 1 rings (SSSR count). The Morgan fingerprint density at radius 1 is 1.43 bits per heavy atom. The summed E-state index contributed by atoms with van der Waals surface area (Å²) in [6, 6.07) is 3.09. The first-order valence-corrected chi connectivity index (χ1v) is 4.25. The molecule has 1 aromatic carbocycles. The highest BCUT2D eigenvalue weighted by Gasteiger charge is 2.15. The van der Waals surface area contributed by atoms with Crippen molar-refractivity contribution in [3.05, 3.63) is 35.4 Å². The van der Waals surface area contributed by atoms with Crippen molar-refractivity contribution < 1.29 is 13.6 Å². The largest absolute Gasteiger partial charge is 0.330 e. The number of benzene rings is 1. The maximum absolute atomic E-state index is 12.7. The molecule has 2 nitrogen and oxygen atoms in total. The number of hydrogen-bond acceptors (Lipinski definition) is 2. The molecule has 2 N–H and O–H groups in total. The van der Waals surface area contributed by atoms with Gasteiger partial charge in [-0.15, -0.1) is 0 Å². The molecule has 4 heteroatoms. The van der Waals surface area contributed by atoms with Gasteiger partial charge in [-0.05, 0) is 18.2 Å². The summed E-state index contributed by atoms with van der Waals surface area (Å²) in [5.41, 5.74) is 5.44. The fourth-order valence-electron chi connectivity index (χ4n) is 1.04. The van der Waals surface area contributed by atoms with Gasteiger partial charge in [-0.2, -0.15) is 0 Å². The van der Waals surface area contributed by atoms with Gasteiger partial charge in [0.2, 0.25) is 0 Å². The van der Waals surface area contributed by atoms with Crippen LogP contribution in [0.3, 0.4) is 0 Å². The number of nitrogens with two attached hydrogens (primary N) is 1. The third-order valence-corrected chi connectivity index (χ3v) is 2.01. The van der Waals surface area contributed by atoms with Crippen molar-refractivity contribution in [2.75, 3.05) is 6.54 Å². The minimum atomic E-state index is -1.01. The molecule has 0 saturated heterocycles. The van der Waals surface area contributed by atoms with Crippen molar-refractivity contribution >= 4 is 5.78 Å². The van der Waals surface area contributed by atoms with Crippen LogP contribution in [0.2, 0.25) is 0 Å². The Bertz CT molecular complexity index is 352. The van der Waals surface area contributed by atoms with E-state index < -0.39 is 11.6 Å². The molecule has 14 heavy (non-hydrogen) atoms. The zero-order valence-corrected chi connectivity index (χ0v) is 7.76. The topological polar surface area (TPSA) is 43.1 Å². The third-order valence-electron chi connectivity index (χ3n) is 2.01. The first-order valence-electron chi connectivity index (χ1n) is 4.25. The third kappa shape index (κ3) is 2.14. The highest BCUT2D eigenvalue weighted by atomic mass is 19.2. The molecule has 0 saturated carbocycles. The first-order chi connectivity index (χ1) is 6.56. The molecule has 76 valence electrons. The van der Waals surface area contributed by atoms with Crippen molar-refractivity contribution in [1.29, 1.82) is 0 Å². The average molecular weight is 199 g/mol. The number of ketones is 1. The van der Waals surface area contributed by atoms with Gasteiger partial charge >= 0.3 is 0 Å². The first kappa shape index (κ1) is 10.8. The molecular formula is C10H11F2NO. The van der Waals surface area contributed by atoms with Crippen molar-refractivity contribution in [3.63, 3.8) is 0 Å². The predicted molar refractivity (Wildman–Crippen MR) is 48.9 cm³/mol. The van der Waals surface area contributed by atoms with E-state index in [1.807, 2.05) is 0 Å². The van der Waals surface area contributed by atoms with Gasteiger partial charge in [0.25, 0.3) is 0 Å². The summed E-state index contributed by atoms with van der Waals surface area (Å²) in [6.07, 6.45) is 0. The Morgan fingerprint density at radius 2 is 2.07 bits per heavy atom. The molecule has 0 amide bonds. The summed E-state index contributed by atoms with van der Waals surface area (Å²) in [5, 5.41) is 0. The van der Waals surface area contributed by atoms with Gasteiger partial charge in [0.1, 0.15) is 0 Å². The summed E-state index contributed by atoms with van der Waals surface area (Å²) >= 11 is 0. The van der Waals surface area contributed by atoms with Crippen LogP contribution in [0.25, 0.3) is 0 Å². The molecular weight excluding hydrogens is 188 g/mol. The molecule has 0 bridgehead atoms. The maximum atomic E-state index is 12.7. The minimum Gasteiger partial charge on any atom is -0.330 e. The van der Waals surface area contributed by atoms with E-state index in [4.69, 9.17) is 5.73 Å². The fourth-order valence-corrected chi connectivity index (χ4v) is 1.04. The van der Waals surface area contributed by atoms with Gasteiger partial charge in [0, 0.05) is 18.0 Å². The quantitative estimate of drug-likeness (QED) is 0.753. The smallest absolute Gasteiger partial charge is 0.167 e. The molecule has 1 unspecified atom stereocenters. The van der Waals surface area contributed by atoms with Crippen molar-refractivity contribution in [1.82, 2.24) is 0 Å². The second-order valence-electron chi connectivity index (χ2n) is 3.13. The molecule has 0 radical (unpaired) electrons. The molecule has 0 heterocycles. The molecule has 0 aromatic heterocycles. The lowest BCUT2D eigenvalue weighted by molar-refractivity contribution is 0.0933. The summed E-state index contributed by atoms with van der Waals surface area (Å²) in [7, 11) is 0. The average Bonchev–Trinajstić information content (AvgIpc) is 2.20. The lowest BCUT2D eigenvalue weighted by Crippen LogP contribution is -2.20. The van der Waals surface area contributed by atoms with Crippen LogP contribution in [0.1, 0.15) is 17.3 Å². The molecule has 0 aliphatic carbocycles. The van der Waals surface area contributed by atoms with E-state index in [1.54, 1.807) is 6.92 Å². The van der Waals surface area contributed by atoms with E-state index in [9.17, 15) is 13.6 Å². The van der Waals surface area contributed by atoms with Crippen LogP contribution in [0.5, 0.6) is 0 Å². The normalized spacial score (nSPS) is 12.6. The Morgan fingerprint density at radius 3 is 2.57 bits per heavy atom. The predicted octanol–water partition coefficient (Wildman–Crippen LogP) is 1.74. The van der Waals surface area contributed by atoms with Gasteiger partial charge < -0.3 is 5.73 Å². The van der Waals surface area contributed by atoms with Gasteiger partial charge in [-0.1, -0.05) is 6.92 Å². The van der Waals surface area contributed by atoms with Crippen LogP contribution in [-0.4, -0.2) is 12.3 Å². The molecule has 0 fully saturated rings. The summed E-state index contributed by atoms with van der Waals surface area (Å²) < 4.78 is 25.3. The minimum absolute atomic E-state index is 0.154. The molecule has 1 atom stereocenters. The van der Waals surface area contributed by atoms with Gasteiger partial charge in [0.15, 0.2) is 17.4 Å². The van der Waals surface area contributed by atoms with Crippen molar-refractivity contribution in [2.45, 2.75) is 6.92 Å². The van der Waals surface area contributed by atoms with Crippen LogP contribution in [-0.2, 0) is 0 Å². The molecule has 0 aliphatic heterocycles. The zero-order chi connectivity index (χ0) is 10.7. The Kier molecular flexibility index (Phi) is 3.30. The second-order valence-corrected chi connectivity index (χ2v) is 3.13. The Balaban J connectivity index is 2.97. The Hall–Kier alpha value is -1.29. The number of Topliss-reactive ketones (excluding diaryl/α,β-unsaturated/α-hetero) is 1. The molecule has 0 aliphatic rings. The fraction of sp³-hybridized carbons (Fsp3) is 0.300. The van der Waals surface area contributed by atoms with Crippen molar-refractivity contribution in [3.8, 4) is 0 Å². The van der Waals surface area contributed by atoms with Gasteiger partial charge in [0.05, 0.1) is 0 Å². The van der Waals surface area contributed by atoms with E-state index >= 15 is 0 Å². The van der Waals surface area contributed by atoms with Crippen LogP contribution in [0, 0.1) is 17.6 Å². The summed E-state index contributed by atoms with van der Waals surface area (Å²) in [4.78, 5) is 11.5. The van der Waals surface area contributed by atoms with E-state index in [2.05, 4.69) is 0 Å². The number of rotatable bonds is 3. The van der Waals surface area contributed by atoms with E-state index in [0.717, 1.165) is 12.1 Å². The lowest BCUT2D eigenvalue weighted by atomic mass is 9.99. The van der Waals surface area contributed by atoms with Gasteiger partial charge in [-0.25, -0.2) is 8.78 Å². The highest BCUT2D eigenvalue weighted by Crippen LogP contribution is 2.12.